The normalized spacial score (nSPS) is 11.0. The molecule has 9 heteroatoms. The SMILES string of the molecule is CCOc1cc(NC(=O)CCS(C)(=O)=O)ccc1[N+](=O)[O-]. The van der Waals surface area contributed by atoms with Gasteiger partial charge in [0.05, 0.1) is 17.3 Å². The smallest absolute Gasteiger partial charge is 0.311 e. The zero-order chi connectivity index (χ0) is 16.0. The number of nitro groups is 1. The number of rotatable bonds is 7. The summed E-state index contributed by atoms with van der Waals surface area (Å²) in [7, 11) is -3.22. The van der Waals surface area contributed by atoms with E-state index in [0.29, 0.717) is 5.69 Å². The molecule has 0 unspecified atom stereocenters. The lowest BCUT2D eigenvalue weighted by Crippen LogP contribution is -2.16. The summed E-state index contributed by atoms with van der Waals surface area (Å²) in [5.41, 5.74) is 0.105. The van der Waals surface area contributed by atoms with E-state index in [9.17, 15) is 23.3 Å². The topological polar surface area (TPSA) is 116 Å². The molecule has 21 heavy (non-hydrogen) atoms. The second kappa shape index (κ2) is 7.02. The van der Waals surface area contributed by atoms with Crippen LogP contribution in [0.4, 0.5) is 11.4 Å². The first kappa shape index (κ1) is 16.9. The van der Waals surface area contributed by atoms with Crippen molar-refractivity contribution in [2.24, 2.45) is 0 Å². The number of carbonyl (C=O) groups excluding carboxylic acids is 1. The summed E-state index contributed by atoms with van der Waals surface area (Å²) in [6, 6.07) is 3.91. The van der Waals surface area contributed by atoms with E-state index in [1.54, 1.807) is 6.92 Å². The molecule has 1 aromatic carbocycles. The van der Waals surface area contributed by atoms with Crippen molar-refractivity contribution in [3.63, 3.8) is 0 Å². The van der Waals surface area contributed by atoms with Crippen LogP contribution in [0.5, 0.6) is 5.75 Å². The number of benzene rings is 1. The largest absolute Gasteiger partial charge is 0.487 e. The summed E-state index contributed by atoms with van der Waals surface area (Å²) in [4.78, 5) is 21.8. The summed E-state index contributed by atoms with van der Waals surface area (Å²) in [5.74, 6) is -0.704. The highest BCUT2D eigenvalue weighted by Crippen LogP contribution is 2.30. The molecule has 0 fully saturated rings. The fraction of sp³-hybridized carbons (Fsp3) is 0.417. The number of sulfone groups is 1. The molecule has 1 rings (SSSR count). The molecule has 0 saturated carbocycles. The molecule has 0 heterocycles. The highest BCUT2D eigenvalue weighted by atomic mass is 32.2. The molecular weight excluding hydrogens is 300 g/mol. The van der Waals surface area contributed by atoms with Gasteiger partial charge in [-0.3, -0.25) is 14.9 Å². The molecule has 1 amide bonds. The van der Waals surface area contributed by atoms with Crippen molar-refractivity contribution in [1.29, 1.82) is 0 Å². The van der Waals surface area contributed by atoms with Gasteiger partial charge in [0.1, 0.15) is 9.84 Å². The lowest BCUT2D eigenvalue weighted by Gasteiger charge is -2.08. The van der Waals surface area contributed by atoms with Gasteiger partial charge in [-0.15, -0.1) is 0 Å². The summed E-state index contributed by atoms with van der Waals surface area (Å²) in [6.45, 7) is 1.92. The van der Waals surface area contributed by atoms with Crippen LogP contribution in [0.25, 0.3) is 0 Å². The molecule has 0 aliphatic rings. The molecule has 0 atom stereocenters. The zero-order valence-corrected chi connectivity index (χ0v) is 12.5. The third-order valence-electron chi connectivity index (χ3n) is 2.44. The van der Waals surface area contributed by atoms with Crippen LogP contribution in [0.2, 0.25) is 0 Å². The van der Waals surface area contributed by atoms with Crippen LogP contribution >= 0.6 is 0 Å². The minimum atomic E-state index is -3.22. The van der Waals surface area contributed by atoms with E-state index in [0.717, 1.165) is 6.26 Å². The Balaban J connectivity index is 2.82. The standard InChI is InChI=1S/C12H16N2O6S/c1-3-20-11-8-9(4-5-10(11)14(16)17)13-12(15)6-7-21(2,18)19/h4-5,8H,3,6-7H2,1-2H3,(H,13,15). The number of hydrogen-bond donors (Lipinski definition) is 1. The van der Waals surface area contributed by atoms with Crippen molar-refractivity contribution < 1.29 is 22.9 Å². The maximum Gasteiger partial charge on any atom is 0.311 e. The molecule has 1 aromatic rings. The Bertz CT molecular complexity index is 641. The second-order valence-electron chi connectivity index (χ2n) is 4.30. The van der Waals surface area contributed by atoms with Gasteiger partial charge in [0.25, 0.3) is 0 Å². The minimum Gasteiger partial charge on any atom is -0.487 e. The Morgan fingerprint density at radius 2 is 2.10 bits per heavy atom. The summed E-state index contributed by atoms with van der Waals surface area (Å²) < 4.78 is 27.1. The predicted molar refractivity (Wildman–Crippen MR) is 77.2 cm³/mol. The van der Waals surface area contributed by atoms with Crippen LogP contribution in [0.3, 0.4) is 0 Å². The van der Waals surface area contributed by atoms with Gasteiger partial charge in [0.2, 0.25) is 5.91 Å². The van der Waals surface area contributed by atoms with Gasteiger partial charge in [-0.05, 0) is 13.0 Å². The van der Waals surface area contributed by atoms with E-state index in [-0.39, 0.29) is 30.2 Å². The first-order chi connectivity index (χ1) is 9.73. The molecule has 0 saturated heterocycles. The lowest BCUT2D eigenvalue weighted by atomic mass is 10.2. The molecule has 0 aliphatic heterocycles. The van der Waals surface area contributed by atoms with Crippen LogP contribution in [0, 0.1) is 10.1 Å². The van der Waals surface area contributed by atoms with Gasteiger partial charge < -0.3 is 10.1 Å². The van der Waals surface area contributed by atoms with Gasteiger partial charge in [-0.25, -0.2) is 8.42 Å². The average molecular weight is 316 g/mol. The number of anilines is 1. The highest BCUT2D eigenvalue weighted by Gasteiger charge is 2.16. The Hall–Kier alpha value is -2.16. The van der Waals surface area contributed by atoms with Crippen LogP contribution in [-0.2, 0) is 14.6 Å². The third kappa shape index (κ3) is 5.78. The van der Waals surface area contributed by atoms with Crippen LogP contribution in [0.1, 0.15) is 13.3 Å². The Labute approximate surface area is 122 Å². The average Bonchev–Trinajstić information content (AvgIpc) is 2.36. The summed E-state index contributed by atoms with van der Waals surface area (Å²) >= 11 is 0. The predicted octanol–water partition coefficient (Wildman–Crippen LogP) is 1.37. The fourth-order valence-electron chi connectivity index (χ4n) is 1.52. The molecule has 8 nitrogen and oxygen atoms in total. The maximum atomic E-state index is 11.6. The van der Waals surface area contributed by atoms with Crippen molar-refractivity contribution in [2.75, 3.05) is 23.9 Å². The van der Waals surface area contributed by atoms with E-state index in [1.807, 2.05) is 0 Å². The summed E-state index contributed by atoms with van der Waals surface area (Å²) in [5, 5.41) is 13.3. The Morgan fingerprint density at radius 1 is 1.43 bits per heavy atom. The van der Waals surface area contributed by atoms with Crippen LogP contribution in [0.15, 0.2) is 18.2 Å². The number of nitro benzene ring substituents is 1. The second-order valence-corrected chi connectivity index (χ2v) is 6.56. The first-order valence-electron chi connectivity index (χ1n) is 6.11. The number of hydrogen-bond acceptors (Lipinski definition) is 6. The van der Waals surface area contributed by atoms with Crippen molar-refractivity contribution >= 4 is 27.1 Å². The highest BCUT2D eigenvalue weighted by molar-refractivity contribution is 7.90. The monoisotopic (exact) mass is 316 g/mol. The summed E-state index contributed by atoms with van der Waals surface area (Å²) in [6.07, 6.45) is 0.860. The lowest BCUT2D eigenvalue weighted by molar-refractivity contribution is -0.385. The molecule has 0 aliphatic carbocycles. The van der Waals surface area contributed by atoms with Crippen LogP contribution in [-0.4, -0.2) is 37.9 Å². The van der Waals surface area contributed by atoms with E-state index in [4.69, 9.17) is 4.74 Å². The molecule has 0 aromatic heterocycles. The molecule has 1 N–H and O–H groups in total. The maximum absolute atomic E-state index is 11.6. The third-order valence-corrected chi connectivity index (χ3v) is 3.39. The molecule has 116 valence electrons. The Morgan fingerprint density at radius 3 is 2.62 bits per heavy atom. The number of nitrogens with zero attached hydrogens (tertiary/aromatic N) is 1. The van der Waals surface area contributed by atoms with Gasteiger partial charge in [0, 0.05) is 30.5 Å². The number of ether oxygens (including phenoxy) is 1. The van der Waals surface area contributed by atoms with Gasteiger partial charge in [-0.1, -0.05) is 0 Å². The van der Waals surface area contributed by atoms with Crippen molar-refractivity contribution in [1.82, 2.24) is 0 Å². The van der Waals surface area contributed by atoms with Gasteiger partial charge in [-0.2, -0.15) is 0 Å². The van der Waals surface area contributed by atoms with E-state index in [2.05, 4.69) is 5.32 Å². The van der Waals surface area contributed by atoms with Crippen molar-refractivity contribution in [2.45, 2.75) is 13.3 Å². The molecule has 0 bridgehead atoms. The number of amides is 1. The Kier molecular flexibility index (Phi) is 5.65. The quantitative estimate of drug-likeness (QED) is 0.600. The van der Waals surface area contributed by atoms with E-state index < -0.39 is 20.7 Å². The number of carbonyl (C=O) groups is 1. The van der Waals surface area contributed by atoms with Crippen LogP contribution < -0.4 is 10.1 Å². The number of nitrogens with one attached hydrogen (secondary N) is 1. The van der Waals surface area contributed by atoms with Gasteiger partial charge >= 0.3 is 5.69 Å². The minimum absolute atomic E-state index is 0.0448. The molecule has 0 spiro atoms. The van der Waals surface area contributed by atoms with E-state index in [1.165, 1.54) is 18.2 Å². The van der Waals surface area contributed by atoms with Gasteiger partial charge in [0.15, 0.2) is 5.75 Å². The van der Waals surface area contributed by atoms with Crippen molar-refractivity contribution in [3.8, 4) is 5.75 Å². The molecular formula is C12H16N2O6S. The van der Waals surface area contributed by atoms with E-state index >= 15 is 0 Å². The molecule has 0 radical (unpaired) electrons. The zero-order valence-electron chi connectivity index (χ0n) is 11.7. The first-order valence-corrected chi connectivity index (χ1v) is 8.18. The van der Waals surface area contributed by atoms with Crippen molar-refractivity contribution in [3.05, 3.63) is 28.3 Å². The fourth-order valence-corrected chi connectivity index (χ4v) is 2.07.